The summed E-state index contributed by atoms with van der Waals surface area (Å²) in [5.74, 6) is 0.0134. The summed E-state index contributed by atoms with van der Waals surface area (Å²) < 4.78 is 13.6. The van der Waals surface area contributed by atoms with Crippen LogP contribution < -0.4 is 10.4 Å². The Bertz CT molecular complexity index is 696. The highest BCUT2D eigenvalue weighted by Crippen LogP contribution is 2.27. The van der Waals surface area contributed by atoms with Crippen LogP contribution in [0.3, 0.4) is 0 Å². The quantitative estimate of drug-likeness (QED) is 0.867. The Kier molecular flexibility index (Phi) is 4.28. The monoisotopic (exact) mass is 365 g/mol. The van der Waals surface area contributed by atoms with E-state index in [1.54, 1.807) is 18.3 Å². The van der Waals surface area contributed by atoms with Crippen molar-refractivity contribution in [3.63, 3.8) is 0 Å². The molecule has 0 saturated carbocycles. The molecule has 1 aliphatic heterocycles. The van der Waals surface area contributed by atoms with Gasteiger partial charge in [-0.3, -0.25) is 5.21 Å². The summed E-state index contributed by atoms with van der Waals surface area (Å²) in [5.41, 5.74) is 1.64. The Morgan fingerprint density at radius 3 is 2.68 bits per heavy atom. The molecule has 0 radical (unpaired) electrons. The van der Waals surface area contributed by atoms with Gasteiger partial charge in [0.05, 0.1) is 16.4 Å². The molecule has 0 aliphatic carbocycles. The van der Waals surface area contributed by atoms with Gasteiger partial charge in [-0.1, -0.05) is 35.6 Å². The first-order chi connectivity index (χ1) is 10.6. The van der Waals surface area contributed by atoms with Gasteiger partial charge in [0.2, 0.25) is 0 Å². The zero-order valence-electron chi connectivity index (χ0n) is 11.4. The average molecular weight is 366 g/mol. The third-order valence-corrected chi connectivity index (χ3v) is 3.69. The van der Waals surface area contributed by atoms with Gasteiger partial charge in [0.25, 0.3) is 0 Å². The fourth-order valence-corrected chi connectivity index (χ4v) is 2.32. The third-order valence-electron chi connectivity index (χ3n) is 3.09. The summed E-state index contributed by atoms with van der Waals surface area (Å²) in [6, 6.07) is 14.2. The zero-order chi connectivity index (χ0) is 15.5. The van der Waals surface area contributed by atoms with Gasteiger partial charge < -0.3 is 5.32 Å². The van der Waals surface area contributed by atoms with Crippen molar-refractivity contribution < 1.29 is 14.5 Å². The first-order valence-corrected chi connectivity index (χ1v) is 7.34. The Balaban J connectivity index is 1.71. The SMILES string of the molecule is ON1ON(c2ccc(F)c(Br)c2)C=C1NCc1ccccc1. The summed E-state index contributed by atoms with van der Waals surface area (Å²) in [4.78, 5) is 5.17. The second-order valence-corrected chi connectivity index (χ2v) is 5.49. The number of halogens is 2. The van der Waals surface area contributed by atoms with Gasteiger partial charge >= 0.3 is 0 Å². The number of benzene rings is 2. The lowest BCUT2D eigenvalue weighted by atomic mass is 10.2. The van der Waals surface area contributed by atoms with Crippen LogP contribution in [-0.2, 0) is 11.5 Å². The summed E-state index contributed by atoms with van der Waals surface area (Å²) >= 11 is 3.12. The third kappa shape index (κ3) is 3.22. The van der Waals surface area contributed by atoms with E-state index >= 15 is 0 Å². The van der Waals surface area contributed by atoms with Crippen molar-refractivity contribution in [3.8, 4) is 0 Å². The maximum absolute atomic E-state index is 13.3. The molecule has 0 aromatic heterocycles. The summed E-state index contributed by atoms with van der Waals surface area (Å²) in [6.45, 7) is 0.536. The molecule has 0 unspecified atom stereocenters. The lowest BCUT2D eigenvalue weighted by Crippen LogP contribution is -2.26. The summed E-state index contributed by atoms with van der Waals surface area (Å²) in [7, 11) is 0. The number of rotatable bonds is 4. The maximum Gasteiger partial charge on any atom is 0.179 e. The fourth-order valence-electron chi connectivity index (χ4n) is 1.96. The van der Waals surface area contributed by atoms with Crippen molar-refractivity contribution in [2.45, 2.75) is 6.54 Å². The molecule has 22 heavy (non-hydrogen) atoms. The minimum atomic E-state index is -0.366. The van der Waals surface area contributed by atoms with Crippen molar-refractivity contribution in [1.29, 1.82) is 0 Å². The van der Waals surface area contributed by atoms with Gasteiger partial charge in [-0.25, -0.2) is 4.39 Å². The lowest BCUT2D eigenvalue weighted by Gasteiger charge is -2.16. The first kappa shape index (κ1) is 14.8. The molecule has 0 atom stereocenters. The number of hydrogen-bond acceptors (Lipinski definition) is 5. The van der Waals surface area contributed by atoms with Crippen LogP contribution in [0.5, 0.6) is 0 Å². The van der Waals surface area contributed by atoms with Crippen molar-refractivity contribution in [1.82, 2.24) is 10.5 Å². The van der Waals surface area contributed by atoms with E-state index in [0.717, 1.165) is 5.56 Å². The van der Waals surface area contributed by atoms with E-state index in [1.807, 2.05) is 30.3 Å². The van der Waals surface area contributed by atoms with Crippen LogP contribution in [0.2, 0.25) is 0 Å². The fraction of sp³-hybridized carbons (Fsp3) is 0.0667. The maximum atomic E-state index is 13.3. The van der Waals surface area contributed by atoms with Crippen LogP contribution in [0.15, 0.2) is 65.0 Å². The molecular weight excluding hydrogens is 353 g/mol. The van der Waals surface area contributed by atoms with Crippen molar-refractivity contribution in [3.05, 3.63) is 76.4 Å². The molecular formula is C15H13BrFN3O2. The van der Waals surface area contributed by atoms with E-state index in [1.165, 1.54) is 11.1 Å². The van der Waals surface area contributed by atoms with Crippen molar-refractivity contribution in [2.24, 2.45) is 0 Å². The zero-order valence-corrected chi connectivity index (χ0v) is 13.0. The van der Waals surface area contributed by atoms with Crippen molar-refractivity contribution >= 4 is 21.6 Å². The molecule has 2 N–H and O–H groups in total. The molecule has 1 aliphatic rings. The van der Waals surface area contributed by atoms with Gasteiger partial charge in [-0.15, -0.1) is 4.94 Å². The van der Waals surface area contributed by atoms with E-state index in [-0.39, 0.29) is 5.82 Å². The van der Waals surface area contributed by atoms with Crippen molar-refractivity contribution in [2.75, 3.05) is 5.06 Å². The highest BCUT2D eigenvalue weighted by atomic mass is 79.9. The predicted molar refractivity (Wildman–Crippen MR) is 82.7 cm³/mol. The standard InChI is InChI=1S/C15H13BrFN3O2/c16-13-8-12(6-7-14(13)17)19-10-15(20(21)22-19)18-9-11-4-2-1-3-5-11/h1-8,10,18,21H,9H2. The van der Waals surface area contributed by atoms with E-state index < -0.39 is 0 Å². The van der Waals surface area contributed by atoms with Gasteiger partial charge in [0.1, 0.15) is 5.82 Å². The molecule has 7 heteroatoms. The van der Waals surface area contributed by atoms with E-state index in [0.29, 0.717) is 27.8 Å². The molecule has 1 heterocycles. The number of anilines is 1. The minimum absolute atomic E-state index is 0.317. The second kappa shape index (κ2) is 6.35. The van der Waals surface area contributed by atoms with E-state index in [4.69, 9.17) is 4.94 Å². The Hall–Kier alpha value is -2.09. The van der Waals surface area contributed by atoms with Crippen LogP contribution in [0, 0.1) is 5.82 Å². The molecule has 3 rings (SSSR count). The second-order valence-electron chi connectivity index (χ2n) is 4.63. The highest BCUT2D eigenvalue weighted by Gasteiger charge is 2.23. The molecule has 2 aromatic rings. The summed E-state index contributed by atoms with van der Waals surface area (Å²) in [5, 5.41) is 14.8. The number of nitrogens with one attached hydrogen (secondary N) is 1. The highest BCUT2D eigenvalue weighted by molar-refractivity contribution is 9.10. The van der Waals surface area contributed by atoms with Crippen LogP contribution in [-0.4, -0.2) is 10.4 Å². The van der Waals surface area contributed by atoms with Gasteiger partial charge in [-0.05, 0) is 39.7 Å². The largest absolute Gasteiger partial charge is 0.362 e. The van der Waals surface area contributed by atoms with Gasteiger partial charge in [0.15, 0.2) is 5.82 Å². The van der Waals surface area contributed by atoms with Crippen LogP contribution >= 0.6 is 15.9 Å². The van der Waals surface area contributed by atoms with Gasteiger partial charge in [-0.2, -0.15) is 5.06 Å². The predicted octanol–water partition coefficient (Wildman–Crippen LogP) is 3.53. The van der Waals surface area contributed by atoms with E-state index in [2.05, 4.69) is 21.2 Å². The Morgan fingerprint density at radius 2 is 1.95 bits per heavy atom. The molecule has 0 bridgehead atoms. The molecule has 0 spiro atoms. The molecule has 114 valence electrons. The van der Waals surface area contributed by atoms with E-state index in [9.17, 15) is 9.60 Å². The van der Waals surface area contributed by atoms with Crippen LogP contribution in [0.4, 0.5) is 10.1 Å². The average Bonchev–Trinajstić information content (AvgIpc) is 2.90. The number of nitrogens with zero attached hydrogens (tertiary/aromatic N) is 2. The number of hydrogen-bond donors (Lipinski definition) is 2. The topological polar surface area (TPSA) is 48.0 Å². The molecule has 0 amide bonds. The molecule has 2 aromatic carbocycles. The lowest BCUT2D eigenvalue weighted by molar-refractivity contribution is -0.306. The van der Waals surface area contributed by atoms with Gasteiger partial charge in [0, 0.05) is 6.54 Å². The van der Waals surface area contributed by atoms with Crippen LogP contribution in [0.25, 0.3) is 0 Å². The normalized spacial score (nSPS) is 14.2. The Labute approximate surface area is 135 Å². The smallest absolute Gasteiger partial charge is 0.179 e. The summed E-state index contributed by atoms with van der Waals surface area (Å²) in [6.07, 6.45) is 1.57. The molecule has 0 fully saturated rings. The number of hydroxylamine groups is 3. The molecule has 0 saturated heterocycles. The van der Waals surface area contributed by atoms with Crippen LogP contribution in [0.1, 0.15) is 5.56 Å². The first-order valence-electron chi connectivity index (χ1n) is 6.54. The molecule has 5 nitrogen and oxygen atoms in total. The Morgan fingerprint density at radius 1 is 1.18 bits per heavy atom. The minimum Gasteiger partial charge on any atom is -0.362 e.